The van der Waals surface area contributed by atoms with E-state index < -0.39 is 9.84 Å². The van der Waals surface area contributed by atoms with Crippen molar-refractivity contribution in [3.05, 3.63) is 64.1 Å². The number of rotatable bonds is 5. The monoisotopic (exact) mass is 343 g/mol. The van der Waals surface area contributed by atoms with Gasteiger partial charge in [-0.15, -0.1) is 0 Å². The molecule has 0 amide bonds. The molecule has 0 saturated heterocycles. The van der Waals surface area contributed by atoms with Gasteiger partial charge in [0.1, 0.15) is 0 Å². The molecule has 21 heavy (non-hydrogen) atoms. The van der Waals surface area contributed by atoms with Gasteiger partial charge in [0.25, 0.3) is 0 Å². The summed E-state index contributed by atoms with van der Waals surface area (Å²) in [4.78, 5) is 0.159. The van der Waals surface area contributed by atoms with Crippen molar-refractivity contribution in [2.45, 2.75) is 10.8 Å². The van der Waals surface area contributed by atoms with Crippen LogP contribution in [-0.2, 0) is 9.84 Å². The Morgan fingerprint density at radius 1 is 1.00 bits per heavy atom. The molecule has 2 aromatic carbocycles. The summed E-state index contributed by atoms with van der Waals surface area (Å²) in [5.41, 5.74) is 6.64. The molecule has 1 atom stereocenters. The summed E-state index contributed by atoms with van der Waals surface area (Å²) < 4.78 is 25.0. The molecule has 6 heteroatoms. The van der Waals surface area contributed by atoms with Crippen molar-refractivity contribution < 1.29 is 8.42 Å². The molecule has 0 radical (unpaired) electrons. The Morgan fingerprint density at radius 3 is 2.24 bits per heavy atom. The van der Waals surface area contributed by atoms with Crippen LogP contribution >= 0.6 is 23.2 Å². The van der Waals surface area contributed by atoms with Crippen molar-refractivity contribution >= 4 is 33.0 Å². The number of hydrogen-bond acceptors (Lipinski definition) is 3. The van der Waals surface area contributed by atoms with Crippen LogP contribution in [0.2, 0.25) is 10.0 Å². The lowest BCUT2D eigenvalue weighted by Gasteiger charge is -2.15. The third-order valence-corrected chi connectivity index (χ3v) is 5.78. The first-order valence-corrected chi connectivity index (χ1v) is 8.77. The van der Waals surface area contributed by atoms with Gasteiger partial charge in [0.2, 0.25) is 0 Å². The summed E-state index contributed by atoms with van der Waals surface area (Å²) in [5, 5.41) is 0.552. The minimum atomic E-state index is -3.48. The van der Waals surface area contributed by atoms with Gasteiger partial charge in [-0.3, -0.25) is 0 Å². The summed E-state index contributed by atoms with van der Waals surface area (Å²) >= 11 is 11.7. The van der Waals surface area contributed by atoms with Crippen molar-refractivity contribution in [3.63, 3.8) is 0 Å². The first-order chi connectivity index (χ1) is 9.94. The normalized spacial score (nSPS) is 13.1. The maximum absolute atomic E-state index is 12.5. The first-order valence-electron chi connectivity index (χ1n) is 6.37. The van der Waals surface area contributed by atoms with Crippen LogP contribution in [0.3, 0.4) is 0 Å². The van der Waals surface area contributed by atoms with Gasteiger partial charge in [-0.2, -0.15) is 0 Å². The van der Waals surface area contributed by atoms with Gasteiger partial charge >= 0.3 is 0 Å². The van der Waals surface area contributed by atoms with Crippen LogP contribution < -0.4 is 5.73 Å². The van der Waals surface area contributed by atoms with Gasteiger partial charge in [-0.25, -0.2) is 8.42 Å². The van der Waals surface area contributed by atoms with Crippen LogP contribution in [0.1, 0.15) is 11.5 Å². The SMILES string of the molecule is NCC(CS(=O)(=O)c1ccc(Cl)c(Cl)c1)c1ccccc1. The minimum Gasteiger partial charge on any atom is -0.330 e. The van der Waals surface area contributed by atoms with Crippen LogP contribution in [0.4, 0.5) is 0 Å². The van der Waals surface area contributed by atoms with E-state index in [0.717, 1.165) is 5.56 Å². The van der Waals surface area contributed by atoms with E-state index in [-0.39, 0.29) is 28.1 Å². The summed E-state index contributed by atoms with van der Waals surface area (Å²) in [6.07, 6.45) is 0. The van der Waals surface area contributed by atoms with E-state index in [9.17, 15) is 8.42 Å². The number of sulfone groups is 1. The van der Waals surface area contributed by atoms with Crippen molar-refractivity contribution in [1.29, 1.82) is 0 Å². The highest BCUT2D eigenvalue weighted by Crippen LogP contribution is 2.27. The van der Waals surface area contributed by atoms with E-state index in [2.05, 4.69) is 0 Å². The number of benzene rings is 2. The van der Waals surface area contributed by atoms with Crippen molar-refractivity contribution in [2.75, 3.05) is 12.3 Å². The second kappa shape index (κ2) is 6.79. The zero-order valence-electron chi connectivity index (χ0n) is 11.2. The predicted molar refractivity (Wildman–Crippen MR) is 86.8 cm³/mol. The maximum atomic E-state index is 12.5. The molecular weight excluding hydrogens is 329 g/mol. The van der Waals surface area contributed by atoms with Gasteiger partial charge in [0.05, 0.1) is 20.7 Å². The van der Waals surface area contributed by atoms with Crippen LogP contribution in [0.5, 0.6) is 0 Å². The molecule has 0 bridgehead atoms. The summed E-state index contributed by atoms with van der Waals surface area (Å²) in [6, 6.07) is 13.7. The molecule has 0 spiro atoms. The van der Waals surface area contributed by atoms with Crippen molar-refractivity contribution in [3.8, 4) is 0 Å². The molecule has 2 rings (SSSR count). The van der Waals surface area contributed by atoms with Crippen LogP contribution in [0.25, 0.3) is 0 Å². The minimum absolute atomic E-state index is 0.0640. The molecular formula is C15H15Cl2NO2S. The smallest absolute Gasteiger partial charge is 0.179 e. The van der Waals surface area contributed by atoms with Crippen molar-refractivity contribution in [1.82, 2.24) is 0 Å². The second-order valence-corrected chi connectivity index (χ2v) is 7.55. The lowest BCUT2D eigenvalue weighted by Crippen LogP contribution is -2.22. The fourth-order valence-corrected chi connectivity index (χ4v) is 4.04. The molecule has 0 saturated carbocycles. The van der Waals surface area contributed by atoms with Crippen molar-refractivity contribution in [2.24, 2.45) is 5.73 Å². The zero-order chi connectivity index (χ0) is 15.5. The third kappa shape index (κ3) is 3.98. The maximum Gasteiger partial charge on any atom is 0.179 e. The number of nitrogens with two attached hydrogens (primary N) is 1. The second-order valence-electron chi connectivity index (χ2n) is 4.70. The molecule has 0 heterocycles. The molecule has 0 aromatic heterocycles. The van der Waals surface area contributed by atoms with Crippen LogP contribution in [-0.4, -0.2) is 20.7 Å². The topological polar surface area (TPSA) is 60.2 Å². The van der Waals surface area contributed by atoms with E-state index in [1.165, 1.54) is 18.2 Å². The highest BCUT2D eigenvalue weighted by Gasteiger charge is 2.22. The quantitative estimate of drug-likeness (QED) is 0.903. The van der Waals surface area contributed by atoms with Gasteiger partial charge in [-0.05, 0) is 23.8 Å². The summed E-state index contributed by atoms with van der Waals surface area (Å²) in [5.74, 6) is -0.323. The third-order valence-electron chi connectivity index (χ3n) is 3.23. The van der Waals surface area contributed by atoms with E-state index in [1.807, 2.05) is 30.3 Å². The van der Waals surface area contributed by atoms with Gasteiger partial charge in [0.15, 0.2) is 9.84 Å². The Hall–Kier alpha value is -1.07. The molecule has 2 aromatic rings. The Kier molecular flexibility index (Phi) is 5.27. The fraction of sp³-hybridized carbons (Fsp3) is 0.200. The average molecular weight is 344 g/mol. The zero-order valence-corrected chi connectivity index (χ0v) is 13.5. The summed E-state index contributed by atoms with van der Waals surface area (Å²) in [6.45, 7) is 0.255. The average Bonchev–Trinajstić information content (AvgIpc) is 2.48. The van der Waals surface area contributed by atoms with Gasteiger partial charge in [0, 0.05) is 12.5 Å². The van der Waals surface area contributed by atoms with Gasteiger partial charge in [-0.1, -0.05) is 53.5 Å². The molecule has 1 unspecified atom stereocenters. The lowest BCUT2D eigenvalue weighted by molar-refractivity contribution is 0.587. The largest absolute Gasteiger partial charge is 0.330 e. The highest BCUT2D eigenvalue weighted by atomic mass is 35.5. The number of hydrogen-bond donors (Lipinski definition) is 1. The molecule has 3 nitrogen and oxygen atoms in total. The molecule has 112 valence electrons. The molecule has 0 aliphatic heterocycles. The van der Waals surface area contributed by atoms with E-state index in [0.29, 0.717) is 5.02 Å². The Bertz CT molecular complexity index is 718. The standard InChI is InChI=1S/C15H15Cl2NO2S/c16-14-7-6-13(8-15(14)17)21(19,20)10-12(9-18)11-4-2-1-3-5-11/h1-8,12H,9-10,18H2. The van der Waals surface area contributed by atoms with Crippen LogP contribution in [0.15, 0.2) is 53.4 Å². The van der Waals surface area contributed by atoms with Crippen LogP contribution in [0, 0.1) is 0 Å². The molecule has 0 aliphatic carbocycles. The first kappa shape index (κ1) is 16.3. The fourth-order valence-electron chi connectivity index (χ4n) is 2.06. The number of halogens is 2. The Balaban J connectivity index is 2.29. The van der Waals surface area contributed by atoms with E-state index >= 15 is 0 Å². The predicted octanol–water partition coefficient (Wildman–Crippen LogP) is 3.51. The molecule has 2 N–H and O–H groups in total. The highest BCUT2D eigenvalue weighted by molar-refractivity contribution is 7.91. The molecule has 0 fully saturated rings. The Labute approximate surface area is 134 Å². The van der Waals surface area contributed by atoms with Gasteiger partial charge < -0.3 is 5.73 Å². The van der Waals surface area contributed by atoms with E-state index in [1.54, 1.807) is 0 Å². The lowest BCUT2D eigenvalue weighted by atomic mass is 10.0. The van der Waals surface area contributed by atoms with E-state index in [4.69, 9.17) is 28.9 Å². The summed E-state index contributed by atoms with van der Waals surface area (Å²) in [7, 11) is -3.48. The Morgan fingerprint density at radius 2 is 1.67 bits per heavy atom. The molecule has 0 aliphatic rings.